The fraction of sp³-hybridized carbons (Fsp3) is 0.600. The van der Waals surface area contributed by atoms with Crippen LogP contribution in [0.5, 0.6) is 0 Å². The molecular weight excluding hydrogens is 279 g/mol. The van der Waals surface area contributed by atoms with Gasteiger partial charge in [0, 0.05) is 30.0 Å². The summed E-state index contributed by atoms with van der Waals surface area (Å²) in [5.41, 5.74) is 5.11. The van der Waals surface area contributed by atoms with E-state index in [4.69, 9.17) is 5.73 Å². The van der Waals surface area contributed by atoms with Crippen LogP contribution in [0.4, 0.5) is 24.5 Å². The van der Waals surface area contributed by atoms with E-state index in [2.05, 4.69) is 10.2 Å². The molecule has 1 aromatic rings. The number of nitrogens with two attached hydrogens (primary N) is 1. The third kappa shape index (κ3) is 3.10. The Labute approximate surface area is 122 Å². The van der Waals surface area contributed by atoms with E-state index < -0.39 is 11.7 Å². The zero-order chi connectivity index (χ0) is 15.0. The lowest BCUT2D eigenvalue weighted by molar-refractivity contribution is -0.136. The lowest BCUT2D eigenvalue weighted by atomic mass is 9.97. The van der Waals surface area contributed by atoms with E-state index in [0.29, 0.717) is 6.04 Å². The normalized spacial score (nSPS) is 26.6. The first-order chi connectivity index (χ1) is 9.93. The van der Waals surface area contributed by atoms with Gasteiger partial charge in [0.05, 0.1) is 5.56 Å². The Morgan fingerprint density at radius 2 is 2.00 bits per heavy atom. The van der Waals surface area contributed by atoms with E-state index in [1.807, 2.05) is 0 Å². The Balaban J connectivity index is 1.76. The lowest BCUT2D eigenvalue weighted by Crippen LogP contribution is -2.42. The van der Waals surface area contributed by atoms with Gasteiger partial charge in [-0.05, 0) is 50.4 Å². The molecule has 0 radical (unpaired) electrons. The Morgan fingerprint density at radius 1 is 1.19 bits per heavy atom. The highest BCUT2D eigenvalue weighted by Crippen LogP contribution is 2.37. The number of fused-ring (bicyclic) bond motifs is 1. The van der Waals surface area contributed by atoms with Gasteiger partial charge in [0.1, 0.15) is 0 Å². The lowest BCUT2D eigenvalue weighted by Gasteiger charge is -2.36. The second-order valence-electron chi connectivity index (χ2n) is 6.00. The van der Waals surface area contributed by atoms with Gasteiger partial charge in [-0.1, -0.05) is 0 Å². The predicted octanol–water partition coefficient (Wildman–Crippen LogP) is 3.33. The molecule has 1 aromatic carbocycles. The van der Waals surface area contributed by atoms with Crippen molar-refractivity contribution >= 4 is 11.4 Å². The number of nitrogens with zero attached hydrogens (tertiary/aromatic N) is 1. The van der Waals surface area contributed by atoms with Crippen LogP contribution >= 0.6 is 0 Å². The van der Waals surface area contributed by atoms with Gasteiger partial charge in [-0.3, -0.25) is 0 Å². The second kappa shape index (κ2) is 5.40. The summed E-state index contributed by atoms with van der Waals surface area (Å²) in [6.45, 7) is 2.10. The molecule has 0 aliphatic carbocycles. The molecule has 2 fully saturated rings. The smallest absolute Gasteiger partial charge is 0.399 e. The molecule has 2 heterocycles. The first-order valence-corrected chi connectivity index (χ1v) is 7.41. The van der Waals surface area contributed by atoms with Crippen LogP contribution in [0.2, 0.25) is 0 Å². The number of benzene rings is 1. The van der Waals surface area contributed by atoms with Crippen molar-refractivity contribution in [3.63, 3.8) is 0 Å². The summed E-state index contributed by atoms with van der Waals surface area (Å²) in [7, 11) is 0. The Kier molecular flexibility index (Phi) is 3.73. The third-order valence-electron chi connectivity index (χ3n) is 4.53. The van der Waals surface area contributed by atoms with Crippen LogP contribution in [0.25, 0.3) is 0 Å². The highest BCUT2D eigenvalue weighted by atomic mass is 19.4. The van der Waals surface area contributed by atoms with Crippen molar-refractivity contribution in [2.75, 3.05) is 24.1 Å². The van der Waals surface area contributed by atoms with Crippen molar-refractivity contribution in [2.24, 2.45) is 0 Å². The van der Waals surface area contributed by atoms with E-state index in [-0.39, 0.29) is 17.4 Å². The standard InChI is InChI=1S/C15H20F3N3/c16-15(17,18)13-8-10(19)3-4-14(13)20-11-5-7-21-6-1-2-12(21)9-11/h3-4,8,11-12,20H,1-2,5-7,9,19H2. The highest BCUT2D eigenvalue weighted by Gasteiger charge is 2.36. The Bertz CT molecular complexity index is 515. The summed E-state index contributed by atoms with van der Waals surface area (Å²) in [5, 5.41) is 3.09. The van der Waals surface area contributed by atoms with Gasteiger partial charge in [0.15, 0.2) is 0 Å². The van der Waals surface area contributed by atoms with Crippen molar-refractivity contribution in [3.8, 4) is 0 Å². The van der Waals surface area contributed by atoms with Crippen molar-refractivity contribution in [3.05, 3.63) is 23.8 Å². The summed E-state index contributed by atoms with van der Waals surface area (Å²) in [6.07, 6.45) is -0.218. The van der Waals surface area contributed by atoms with Gasteiger partial charge >= 0.3 is 6.18 Å². The van der Waals surface area contributed by atoms with Gasteiger partial charge in [-0.25, -0.2) is 0 Å². The number of alkyl halides is 3. The van der Waals surface area contributed by atoms with Gasteiger partial charge in [0.2, 0.25) is 0 Å². The molecule has 2 aliphatic rings. The molecule has 0 amide bonds. The van der Waals surface area contributed by atoms with Crippen molar-refractivity contribution in [1.82, 2.24) is 4.90 Å². The minimum Gasteiger partial charge on any atom is -0.399 e. The molecule has 2 unspecified atom stereocenters. The van der Waals surface area contributed by atoms with Crippen LogP contribution in [-0.2, 0) is 6.18 Å². The topological polar surface area (TPSA) is 41.3 Å². The summed E-state index contributed by atoms with van der Waals surface area (Å²) >= 11 is 0. The maximum atomic E-state index is 13.1. The minimum atomic E-state index is -4.38. The fourth-order valence-electron chi connectivity index (χ4n) is 3.50. The number of rotatable bonds is 2. The largest absolute Gasteiger partial charge is 0.418 e. The molecule has 3 rings (SSSR count). The maximum Gasteiger partial charge on any atom is 0.418 e. The number of nitrogen functional groups attached to an aromatic ring is 1. The molecule has 0 saturated carbocycles. The Morgan fingerprint density at radius 3 is 2.76 bits per heavy atom. The molecule has 0 spiro atoms. The molecule has 0 bridgehead atoms. The summed E-state index contributed by atoms with van der Waals surface area (Å²) in [5.74, 6) is 0. The zero-order valence-corrected chi connectivity index (χ0v) is 11.8. The van der Waals surface area contributed by atoms with E-state index >= 15 is 0 Å². The molecule has 116 valence electrons. The van der Waals surface area contributed by atoms with Crippen LogP contribution < -0.4 is 11.1 Å². The number of nitrogens with one attached hydrogen (secondary N) is 1. The molecule has 6 heteroatoms. The van der Waals surface area contributed by atoms with Gasteiger partial charge in [-0.15, -0.1) is 0 Å². The summed E-state index contributed by atoms with van der Waals surface area (Å²) in [4.78, 5) is 2.45. The number of hydrogen-bond acceptors (Lipinski definition) is 3. The average molecular weight is 299 g/mol. The van der Waals surface area contributed by atoms with Crippen LogP contribution in [0.15, 0.2) is 18.2 Å². The maximum absolute atomic E-state index is 13.1. The van der Waals surface area contributed by atoms with E-state index in [1.54, 1.807) is 0 Å². The van der Waals surface area contributed by atoms with Crippen LogP contribution in [0.1, 0.15) is 31.2 Å². The second-order valence-corrected chi connectivity index (χ2v) is 6.00. The molecule has 2 aliphatic heterocycles. The third-order valence-corrected chi connectivity index (χ3v) is 4.53. The van der Waals surface area contributed by atoms with Crippen LogP contribution in [0, 0.1) is 0 Å². The molecular formula is C15H20F3N3. The first-order valence-electron chi connectivity index (χ1n) is 7.41. The van der Waals surface area contributed by atoms with E-state index in [1.165, 1.54) is 18.6 Å². The SMILES string of the molecule is Nc1ccc(NC2CCN3CCCC3C2)c(C(F)(F)F)c1. The number of halogens is 3. The van der Waals surface area contributed by atoms with E-state index in [0.717, 1.165) is 38.4 Å². The van der Waals surface area contributed by atoms with Gasteiger partial charge in [0.25, 0.3) is 0 Å². The molecule has 21 heavy (non-hydrogen) atoms. The summed E-state index contributed by atoms with van der Waals surface area (Å²) < 4.78 is 39.3. The zero-order valence-electron chi connectivity index (χ0n) is 11.8. The van der Waals surface area contributed by atoms with Gasteiger partial charge < -0.3 is 16.0 Å². The Hall–Kier alpha value is -1.43. The monoisotopic (exact) mass is 299 g/mol. The van der Waals surface area contributed by atoms with Crippen molar-refractivity contribution in [1.29, 1.82) is 0 Å². The number of piperidine rings is 1. The predicted molar refractivity (Wildman–Crippen MR) is 77.1 cm³/mol. The van der Waals surface area contributed by atoms with E-state index in [9.17, 15) is 13.2 Å². The van der Waals surface area contributed by atoms with Crippen LogP contribution in [0.3, 0.4) is 0 Å². The molecule has 3 nitrogen and oxygen atoms in total. The molecule has 2 saturated heterocycles. The molecule has 0 aromatic heterocycles. The number of hydrogen-bond donors (Lipinski definition) is 2. The van der Waals surface area contributed by atoms with Crippen molar-refractivity contribution in [2.45, 2.75) is 43.9 Å². The minimum absolute atomic E-state index is 0.106. The number of anilines is 2. The molecule has 3 N–H and O–H groups in total. The quantitative estimate of drug-likeness (QED) is 0.823. The fourth-order valence-corrected chi connectivity index (χ4v) is 3.50. The average Bonchev–Trinajstić information content (AvgIpc) is 2.87. The van der Waals surface area contributed by atoms with Crippen LogP contribution in [-0.4, -0.2) is 30.1 Å². The van der Waals surface area contributed by atoms with Crippen molar-refractivity contribution < 1.29 is 13.2 Å². The molecule has 2 atom stereocenters. The van der Waals surface area contributed by atoms with Gasteiger partial charge in [-0.2, -0.15) is 13.2 Å². The summed E-state index contributed by atoms with van der Waals surface area (Å²) in [6, 6.07) is 4.60. The highest BCUT2D eigenvalue weighted by molar-refractivity contribution is 5.59. The first kappa shape index (κ1) is 14.5.